The monoisotopic (exact) mass is 312 g/mol. The standard InChI is InChI=1S/C9H14ClN4.ClHO4/c1-13(2)6-8(5-11)9(10)12-7-14(3)4;2-1(3,4)5/h6-7H,1-4H3;(H,2,3,4,5)/q+1;/p-1. The molecule has 0 unspecified atom stereocenters. The summed E-state index contributed by atoms with van der Waals surface area (Å²) in [4.78, 5) is 5.66. The number of aliphatic imine (C=N–C) groups is 1. The first kappa shape index (κ1) is 20.1. The van der Waals surface area contributed by atoms with E-state index in [0.29, 0.717) is 5.57 Å². The highest BCUT2D eigenvalue weighted by molar-refractivity contribution is 6.70. The van der Waals surface area contributed by atoms with Crippen LogP contribution in [0.3, 0.4) is 0 Å². The van der Waals surface area contributed by atoms with E-state index in [1.54, 1.807) is 22.0 Å². The van der Waals surface area contributed by atoms with Crippen molar-refractivity contribution in [2.75, 3.05) is 28.2 Å². The molecule has 0 heterocycles. The van der Waals surface area contributed by atoms with Crippen molar-refractivity contribution >= 4 is 23.1 Å². The molecule has 0 spiro atoms. The summed E-state index contributed by atoms with van der Waals surface area (Å²) in [5.74, 6) is 0. The van der Waals surface area contributed by atoms with E-state index < -0.39 is 10.2 Å². The maximum atomic E-state index is 8.77. The number of hydrogen-bond acceptors (Lipinski definition) is 6. The SMILES string of the molecule is CN(C)/C=C(\C#N)C(Cl)=NC=[N+](C)C.[O-][Cl+3]([O-])([O-])[O-]. The maximum absolute atomic E-state index is 8.77. The third-order valence-electron chi connectivity index (χ3n) is 1.13. The zero-order valence-corrected chi connectivity index (χ0v) is 12.3. The van der Waals surface area contributed by atoms with E-state index in [9.17, 15) is 0 Å². The topological polar surface area (TPSA) is 135 Å². The number of nitriles is 1. The number of rotatable bonds is 3. The van der Waals surface area contributed by atoms with Crippen LogP contribution in [0.15, 0.2) is 16.8 Å². The summed E-state index contributed by atoms with van der Waals surface area (Å²) < 4.78 is 35.7. The van der Waals surface area contributed by atoms with Crippen LogP contribution >= 0.6 is 11.6 Å². The van der Waals surface area contributed by atoms with Gasteiger partial charge in [0, 0.05) is 20.3 Å². The Morgan fingerprint density at radius 3 is 2.00 bits per heavy atom. The molecule has 8 nitrogen and oxygen atoms in total. The van der Waals surface area contributed by atoms with E-state index in [2.05, 4.69) is 4.99 Å². The first-order valence-electron chi connectivity index (χ1n) is 4.61. The molecule has 0 amide bonds. The zero-order valence-electron chi connectivity index (χ0n) is 10.8. The molecule has 0 saturated carbocycles. The Morgan fingerprint density at radius 1 is 1.32 bits per heavy atom. The molecular weight excluding hydrogens is 299 g/mol. The van der Waals surface area contributed by atoms with Gasteiger partial charge in [-0.2, -0.15) is 5.26 Å². The van der Waals surface area contributed by atoms with Gasteiger partial charge in [0.1, 0.15) is 11.6 Å². The van der Waals surface area contributed by atoms with Crippen LogP contribution in [0, 0.1) is 21.6 Å². The Morgan fingerprint density at radius 2 is 1.74 bits per heavy atom. The minimum atomic E-state index is -4.94. The first-order chi connectivity index (χ1) is 8.47. The predicted octanol–water partition coefficient (Wildman–Crippen LogP) is -3.86. The van der Waals surface area contributed by atoms with Gasteiger partial charge in [0.15, 0.2) is 0 Å². The van der Waals surface area contributed by atoms with Crippen molar-refractivity contribution in [1.82, 2.24) is 4.90 Å². The van der Waals surface area contributed by atoms with Gasteiger partial charge in [0.2, 0.25) is 0 Å². The van der Waals surface area contributed by atoms with E-state index in [1.165, 1.54) is 0 Å². The lowest BCUT2D eigenvalue weighted by Crippen LogP contribution is -2.68. The Balaban J connectivity index is 0. The quantitative estimate of drug-likeness (QED) is 0.226. The van der Waals surface area contributed by atoms with Crippen molar-refractivity contribution in [2.24, 2.45) is 4.99 Å². The van der Waals surface area contributed by atoms with Crippen molar-refractivity contribution in [3.05, 3.63) is 11.8 Å². The number of hydrogen-bond donors (Lipinski definition) is 0. The van der Waals surface area contributed by atoms with Gasteiger partial charge in [-0.1, -0.05) is 0 Å². The van der Waals surface area contributed by atoms with Gasteiger partial charge in [-0.15, -0.1) is 10.2 Å². The van der Waals surface area contributed by atoms with E-state index in [4.69, 9.17) is 35.5 Å². The molecule has 0 aliphatic heterocycles. The number of nitrogens with zero attached hydrogens (tertiary/aromatic N) is 4. The molecule has 0 aliphatic carbocycles. The number of allylic oxidation sites excluding steroid dienone is 1. The average molecular weight is 313 g/mol. The molecule has 19 heavy (non-hydrogen) atoms. The van der Waals surface area contributed by atoms with Gasteiger partial charge in [-0.3, -0.25) is 4.58 Å². The fourth-order valence-electron chi connectivity index (χ4n) is 0.622. The number of halogens is 2. The summed E-state index contributed by atoms with van der Waals surface area (Å²) in [7, 11) is 2.35. The lowest BCUT2D eigenvalue weighted by molar-refractivity contribution is -2.00. The summed E-state index contributed by atoms with van der Waals surface area (Å²) in [6.07, 6.45) is 3.17. The summed E-state index contributed by atoms with van der Waals surface area (Å²) >= 11 is 5.81. The zero-order chi connectivity index (χ0) is 15.6. The van der Waals surface area contributed by atoms with Crippen LogP contribution in [-0.2, 0) is 0 Å². The Kier molecular flexibility index (Phi) is 10.3. The molecule has 0 N–H and O–H groups in total. The Bertz CT molecular complexity index is 397. The molecule has 0 bridgehead atoms. The maximum Gasteiger partial charge on any atom is 0.282 e. The third kappa shape index (κ3) is 19.3. The second kappa shape index (κ2) is 9.69. The second-order valence-corrected chi connectivity index (χ2v) is 4.61. The normalized spacial score (nSPS) is 12.0. The van der Waals surface area contributed by atoms with Gasteiger partial charge in [-0.25, -0.2) is 18.6 Å². The second-order valence-electron chi connectivity index (χ2n) is 3.50. The molecule has 0 aromatic rings. The summed E-state index contributed by atoms with van der Waals surface area (Å²) in [6.45, 7) is 0. The van der Waals surface area contributed by atoms with E-state index in [0.717, 1.165) is 0 Å². The van der Waals surface area contributed by atoms with E-state index >= 15 is 0 Å². The molecule has 0 saturated heterocycles. The Labute approximate surface area is 118 Å². The van der Waals surface area contributed by atoms with Crippen LogP contribution in [0.5, 0.6) is 0 Å². The van der Waals surface area contributed by atoms with Crippen LogP contribution in [0.1, 0.15) is 0 Å². The van der Waals surface area contributed by atoms with Crippen LogP contribution in [0.4, 0.5) is 0 Å². The molecule has 0 aromatic heterocycles. The van der Waals surface area contributed by atoms with Gasteiger partial charge in [0.25, 0.3) is 11.5 Å². The average Bonchev–Trinajstić information content (AvgIpc) is 2.19. The summed E-state index contributed by atoms with van der Waals surface area (Å²) in [5, 5.41) is 8.96. The van der Waals surface area contributed by atoms with Gasteiger partial charge in [0.05, 0.1) is 14.1 Å². The highest BCUT2D eigenvalue weighted by Gasteiger charge is 2.08. The highest BCUT2D eigenvalue weighted by Crippen LogP contribution is 2.01. The lowest BCUT2D eigenvalue weighted by Gasteiger charge is -2.17. The van der Waals surface area contributed by atoms with Gasteiger partial charge >= 0.3 is 0 Å². The van der Waals surface area contributed by atoms with Crippen molar-refractivity contribution in [3.63, 3.8) is 0 Å². The summed E-state index contributed by atoms with van der Waals surface area (Å²) in [6, 6.07) is 1.98. The van der Waals surface area contributed by atoms with Crippen molar-refractivity contribution in [1.29, 1.82) is 5.26 Å². The molecule has 0 atom stereocenters. The van der Waals surface area contributed by atoms with E-state index in [-0.39, 0.29) is 5.17 Å². The third-order valence-corrected chi connectivity index (χ3v) is 1.43. The lowest BCUT2D eigenvalue weighted by atomic mass is 10.3. The van der Waals surface area contributed by atoms with Crippen LogP contribution in [0.2, 0.25) is 0 Å². The molecule has 0 fully saturated rings. The largest absolute Gasteiger partial charge is 0.382 e. The fraction of sp³-hybridized carbons (Fsp3) is 0.444. The van der Waals surface area contributed by atoms with E-state index in [1.807, 2.05) is 34.3 Å². The first-order valence-corrected chi connectivity index (χ1v) is 6.22. The molecule has 0 rings (SSSR count). The minimum absolute atomic E-state index is 0.190. The molecule has 10 heteroatoms. The molecule has 0 radical (unpaired) electrons. The van der Waals surface area contributed by atoms with Crippen molar-refractivity contribution in [2.45, 2.75) is 0 Å². The molecule has 108 valence electrons. The van der Waals surface area contributed by atoms with Crippen molar-refractivity contribution < 1.29 is 33.5 Å². The molecule has 0 aromatic carbocycles. The van der Waals surface area contributed by atoms with Crippen molar-refractivity contribution in [3.8, 4) is 6.07 Å². The Hall–Kier alpha value is -1.21. The van der Waals surface area contributed by atoms with Crippen LogP contribution < -0.4 is 18.6 Å². The smallest absolute Gasteiger partial charge is 0.282 e. The van der Waals surface area contributed by atoms with Gasteiger partial charge < -0.3 is 4.90 Å². The van der Waals surface area contributed by atoms with Crippen LogP contribution in [0.25, 0.3) is 0 Å². The van der Waals surface area contributed by atoms with Crippen LogP contribution in [-0.4, -0.2) is 49.2 Å². The molecule has 0 aliphatic rings. The highest BCUT2D eigenvalue weighted by atomic mass is 35.7. The minimum Gasteiger partial charge on any atom is -0.382 e. The summed E-state index contributed by atoms with van der Waals surface area (Å²) in [5.41, 5.74) is 0.342. The molecular formula is C9H14Cl2N4O4. The van der Waals surface area contributed by atoms with Gasteiger partial charge in [-0.05, 0) is 16.6 Å². The predicted molar refractivity (Wildman–Crippen MR) is 58.8 cm³/mol. The fourth-order valence-corrected chi connectivity index (χ4v) is 0.757.